The number of aromatic nitrogens is 4. The number of carbonyl (C=O) groups excluding carboxylic acids is 1. The number of carboxylic acid groups (broad SMARTS) is 1. The number of likely N-dealkylation sites (tertiary alicyclic amines) is 1. The van der Waals surface area contributed by atoms with Crippen LogP contribution in [0.25, 0.3) is 5.65 Å². The second-order valence-electron chi connectivity index (χ2n) is 6.75. The third-order valence-electron chi connectivity index (χ3n) is 4.94. The van der Waals surface area contributed by atoms with Crippen LogP contribution in [0.1, 0.15) is 55.2 Å². The number of hydrogen-bond donors (Lipinski definition) is 1. The number of aromatic carboxylic acids is 1. The number of fused-ring (bicyclic) bond motifs is 1. The predicted octanol–water partition coefficient (Wildman–Crippen LogP) is 2.52. The Balaban J connectivity index is 1.48. The van der Waals surface area contributed by atoms with Crippen LogP contribution in [-0.2, 0) is 0 Å². The molecule has 0 aliphatic carbocycles. The molecule has 140 valence electrons. The fourth-order valence-corrected chi connectivity index (χ4v) is 4.37. The van der Waals surface area contributed by atoms with E-state index in [1.54, 1.807) is 10.7 Å². The van der Waals surface area contributed by atoms with E-state index >= 15 is 0 Å². The Morgan fingerprint density at radius 2 is 1.93 bits per heavy atom. The molecule has 1 N–H and O–H groups in total. The van der Waals surface area contributed by atoms with Crippen molar-refractivity contribution in [2.24, 2.45) is 0 Å². The first-order chi connectivity index (χ1) is 12.9. The van der Waals surface area contributed by atoms with Crippen LogP contribution in [0.4, 0.5) is 0 Å². The van der Waals surface area contributed by atoms with E-state index in [1.807, 2.05) is 24.8 Å². The zero-order valence-corrected chi connectivity index (χ0v) is 15.9. The largest absolute Gasteiger partial charge is 0.477 e. The summed E-state index contributed by atoms with van der Waals surface area (Å²) in [6, 6.07) is 1.88. The first-order valence-corrected chi connectivity index (χ1v) is 9.56. The summed E-state index contributed by atoms with van der Waals surface area (Å²) in [4.78, 5) is 34.7. The van der Waals surface area contributed by atoms with Crippen LogP contribution < -0.4 is 0 Å². The van der Waals surface area contributed by atoms with Crippen LogP contribution in [0, 0.1) is 13.8 Å². The topological polar surface area (TPSA) is 101 Å². The molecule has 0 atom stereocenters. The van der Waals surface area contributed by atoms with E-state index in [9.17, 15) is 9.59 Å². The molecule has 3 aromatic rings. The fraction of sp³-hybridized carbons (Fsp3) is 0.389. The van der Waals surface area contributed by atoms with Gasteiger partial charge in [-0.15, -0.1) is 11.3 Å². The van der Waals surface area contributed by atoms with Crippen molar-refractivity contribution in [1.82, 2.24) is 24.5 Å². The number of piperidine rings is 1. The minimum absolute atomic E-state index is 0.0427. The summed E-state index contributed by atoms with van der Waals surface area (Å²) in [7, 11) is 0. The van der Waals surface area contributed by atoms with Crippen molar-refractivity contribution >= 4 is 28.9 Å². The third kappa shape index (κ3) is 3.18. The van der Waals surface area contributed by atoms with Crippen LogP contribution in [0.5, 0.6) is 0 Å². The van der Waals surface area contributed by atoms with Gasteiger partial charge in [-0.2, -0.15) is 5.10 Å². The highest BCUT2D eigenvalue weighted by Gasteiger charge is 2.28. The van der Waals surface area contributed by atoms with Gasteiger partial charge in [0.15, 0.2) is 5.65 Å². The van der Waals surface area contributed by atoms with Crippen LogP contribution in [0.3, 0.4) is 0 Å². The number of nitrogens with zero attached hydrogens (tertiary/aromatic N) is 5. The van der Waals surface area contributed by atoms with Gasteiger partial charge in [0.1, 0.15) is 4.88 Å². The molecule has 0 radical (unpaired) electrons. The second-order valence-corrected chi connectivity index (χ2v) is 7.81. The molecule has 4 heterocycles. The molecule has 0 spiro atoms. The lowest BCUT2D eigenvalue weighted by molar-refractivity contribution is 0.0696. The first kappa shape index (κ1) is 17.6. The molecule has 4 rings (SSSR count). The smallest absolute Gasteiger partial charge is 0.347 e. The van der Waals surface area contributed by atoms with Crippen molar-refractivity contribution < 1.29 is 14.7 Å². The van der Waals surface area contributed by atoms with Gasteiger partial charge in [-0.25, -0.2) is 19.3 Å². The summed E-state index contributed by atoms with van der Waals surface area (Å²) >= 11 is 1.22. The van der Waals surface area contributed by atoms with Crippen molar-refractivity contribution in [3.63, 3.8) is 0 Å². The van der Waals surface area contributed by atoms with Crippen molar-refractivity contribution in [3.8, 4) is 0 Å². The summed E-state index contributed by atoms with van der Waals surface area (Å²) < 4.78 is 1.71. The van der Waals surface area contributed by atoms with E-state index in [4.69, 9.17) is 5.11 Å². The summed E-state index contributed by atoms with van der Waals surface area (Å²) in [6.07, 6.45) is 4.58. The van der Waals surface area contributed by atoms with E-state index in [2.05, 4.69) is 15.1 Å². The number of amides is 1. The number of carbonyl (C=O) groups is 2. The highest BCUT2D eigenvalue weighted by molar-refractivity contribution is 7.13. The Hall–Kier alpha value is -2.81. The first-order valence-electron chi connectivity index (χ1n) is 8.74. The SMILES string of the molecule is Cc1cc2ncc(C(=O)N3CCC(c4ncc(C(=O)O)s4)CC3)c(C)n2n1. The van der Waals surface area contributed by atoms with Crippen LogP contribution in [-0.4, -0.2) is 54.6 Å². The third-order valence-corrected chi connectivity index (χ3v) is 6.09. The van der Waals surface area contributed by atoms with Gasteiger partial charge in [-0.05, 0) is 26.7 Å². The molecule has 8 nitrogen and oxygen atoms in total. The van der Waals surface area contributed by atoms with E-state index < -0.39 is 5.97 Å². The van der Waals surface area contributed by atoms with Gasteiger partial charge in [0, 0.05) is 31.3 Å². The van der Waals surface area contributed by atoms with Crippen LogP contribution in [0.2, 0.25) is 0 Å². The Bertz CT molecular complexity index is 1030. The van der Waals surface area contributed by atoms with Crippen molar-refractivity contribution in [2.75, 3.05) is 13.1 Å². The Labute approximate surface area is 159 Å². The minimum Gasteiger partial charge on any atom is -0.477 e. The maximum atomic E-state index is 13.0. The number of thiazole rings is 1. The molecule has 0 bridgehead atoms. The van der Waals surface area contributed by atoms with E-state index in [1.165, 1.54) is 17.5 Å². The maximum Gasteiger partial charge on any atom is 0.347 e. The zero-order chi connectivity index (χ0) is 19.1. The van der Waals surface area contributed by atoms with Crippen LogP contribution in [0.15, 0.2) is 18.5 Å². The Morgan fingerprint density at radius 3 is 2.59 bits per heavy atom. The van der Waals surface area contributed by atoms with E-state index in [0.29, 0.717) is 18.7 Å². The van der Waals surface area contributed by atoms with Crippen molar-refractivity contribution in [1.29, 1.82) is 0 Å². The predicted molar refractivity (Wildman–Crippen MR) is 99.4 cm³/mol. The molecule has 1 saturated heterocycles. The highest BCUT2D eigenvalue weighted by Crippen LogP contribution is 2.31. The molecule has 0 unspecified atom stereocenters. The van der Waals surface area contributed by atoms with E-state index in [-0.39, 0.29) is 16.7 Å². The molecular weight excluding hydrogens is 366 g/mol. The maximum absolute atomic E-state index is 13.0. The fourth-order valence-electron chi connectivity index (χ4n) is 3.45. The number of carboxylic acids is 1. The lowest BCUT2D eigenvalue weighted by atomic mass is 9.97. The number of rotatable bonds is 3. The summed E-state index contributed by atoms with van der Waals surface area (Å²) in [5, 5.41) is 14.3. The molecular formula is C18H19N5O3S. The number of hydrogen-bond acceptors (Lipinski definition) is 6. The molecule has 1 aliphatic heterocycles. The lowest BCUT2D eigenvalue weighted by Crippen LogP contribution is -2.38. The quantitative estimate of drug-likeness (QED) is 0.743. The molecule has 3 aromatic heterocycles. The molecule has 0 saturated carbocycles. The summed E-state index contributed by atoms with van der Waals surface area (Å²) in [5.74, 6) is -0.792. The summed E-state index contributed by atoms with van der Waals surface area (Å²) in [6.45, 7) is 5.00. The average molecular weight is 385 g/mol. The molecule has 9 heteroatoms. The van der Waals surface area contributed by atoms with Gasteiger partial charge < -0.3 is 10.0 Å². The van der Waals surface area contributed by atoms with Gasteiger partial charge in [0.2, 0.25) is 0 Å². The van der Waals surface area contributed by atoms with Gasteiger partial charge in [0.25, 0.3) is 5.91 Å². The molecule has 1 fully saturated rings. The van der Waals surface area contributed by atoms with Gasteiger partial charge >= 0.3 is 5.97 Å². The lowest BCUT2D eigenvalue weighted by Gasteiger charge is -2.31. The monoisotopic (exact) mass is 385 g/mol. The Kier molecular flexibility index (Phi) is 4.39. The van der Waals surface area contributed by atoms with Crippen LogP contribution >= 0.6 is 11.3 Å². The molecule has 0 aromatic carbocycles. The Morgan fingerprint density at radius 1 is 1.19 bits per heavy atom. The second kappa shape index (κ2) is 6.73. The van der Waals surface area contributed by atoms with Gasteiger partial charge in [0.05, 0.1) is 28.2 Å². The summed E-state index contributed by atoms with van der Waals surface area (Å²) in [5.41, 5.74) is 2.94. The molecule has 27 heavy (non-hydrogen) atoms. The zero-order valence-electron chi connectivity index (χ0n) is 15.0. The van der Waals surface area contributed by atoms with Gasteiger partial charge in [-0.1, -0.05) is 0 Å². The van der Waals surface area contributed by atoms with Crippen molar-refractivity contribution in [3.05, 3.63) is 45.3 Å². The van der Waals surface area contributed by atoms with Gasteiger partial charge in [-0.3, -0.25) is 4.79 Å². The van der Waals surface area contributed by atoms with E-state index in [0.717, 1.165) is 34.9 Å². The average Bonchev–Trinajstić information content (AvgIpc) is 3.28. The normalized spacial score (nSPS) is 15.4. The standard InChI is InChI=1S/C18H19N5O3S/c1-10-7-15-19-8-13(11(2)23(15)21-10)17(24)22-5-3-12(4-6-22)16-20-9-14(27-16)18(25)26/h7-9,12H,3-6H2,1-2H3,(H,25,26). The number of aryl methyl sites for hydroxylation is 2. The minimum atomic E-state index is -0.946. The highest BCUT2D eigenvalue weighted by atomic mass is 32.1. The molecule has 1 amide bonds. The van der Waals surface area contributed by atoms with Crippen molar-refractivity contribution in [2.45, 2.75) is 32.6 Å². The molecule has 1 aliphatic rings.